The smallest absolute Gasteiger partial charge is 0.269 e. The molecule has 1 aromatic rings. The van der Waals surface area contributed by atoms with Gasteiger partial charge in [0.05, 0.1) is 0 Å². The number of hydrogen-bond acceptors (Lipinski definition) is 3. The van der Waals surface area contributed by atoms with Gasteiger partial charge in [-0.15, -0.1) is 0 Å². The van der Waals surface area contributed by atoms with Crippen LogP contribution in [0.1, 0.15) is 50.0 Å². The molecule has 0 unspecified atom stereocenters. The number of carbonyl (C=O) groups excluding carboxylic acids is 2. The predicted molar refractivity (Wildman–Crippen MR) is 86.8 cm³/mol. The largest absolute Gasteiger partial charge is 0.302 e. The van der Waals surface area contributed by atoms with Gasteiger partial charge in [0.15, 0.2) is 5.11 Å². The molecule has 2 amide bonds. The van der Waals surface area contributed by atoms with Crippen LogP contribution in [0.4, 0.5) is 0 Å². The van der Waals surface area contributed by atoms with Crippen LogP contribution in [0, 0.1) is 0 Å². The van der Waals surface area contributed by atoms with Gasteiger partial charge in [-0.05, 0) is 35.3 Å². The third-order valence-electron chi connectivity index (χ3n) is 2.88. The van der Waals surface area contributed by atoms with Gasteiger partial charge in [-0.1, -0.05) is 39.8 Å². The summed E-state index contributed by atoms with van der Waals surface area (Å²) in [6.07, 6.45) is 0.323. The normalized spacial score (nSPS) is 10.7. The molecule has 21 heavy (non-hydrogen) atoms. The molecule has 0 aliphatic carbocycles. The monoisotopic (exact) mass is 307 g/mol. The van der Waals surface area contributed by atoms with Gasteiger partial charge in [-0.25, -0.2) is 0 Å². The van der Waals surface area contributed by atoms with E-state index in [9.17, 15) is 9.59 Å². The summed E-state index contributed by atoms with van der Waals surface area (Å²) in [7, 11) is 0. The first kappa shape index (κ1) is 17.1. The minimum absolute atomic E-state index is 0.0409. The molecule has 0 saturated heterocycles. The summed E-state index contributed by atoms with van der Waals surface area (Å²) in [6, 6.07) is 7.36. The summed E-state index contributed by atoms with van der Waals surface area (Å²) < 4.78 is 0. The number of hydrogen-bond donors (Lipinski definition) is 3. The Morgan fingerprint density at radius 2 is 1.67 bits per heavy atom. The number of amides is 2. The van der Waals surface area contributed by atoms with Crippen LogP contribution < -0.4 is 16.2 Å². The van der Waals surface area contributed by atoms with Crippen molar-refractivity contribution in [3.05, 3.63) is 35.4 Å². The van der Waals surface area contributed by atoms with Crippen LogP contribution in [0.3, 0.4) is 0 Å². The second kappa shape index (κ2) is 7.17. The van der Waals surface area contributed by atoms with Crippen LogP contribution in [-0.4, -0.2) is 16.9 Å². The highest BCUT2D eigenvalue weighted by Gasteiger charge is 2.14. The van der Waals surface area contributed by atoms with Crippen LogP contribution in [0.25, 0.3) is 0 Å². The molecule has 0 atom stereocenters. The zero-order valence-corrected chi connectivity index (χ0v) is 13.6. The first-order valence-corrected chi connectivity index (χ1v) is 7.15. The molecule has 0 aliphatic heterocycles. The molecule has 0 aliphatic rings. The fourth-order valence-corrected chi connectivity index (χ4v) is 1.72. The molecular weight excluding hydrogens is 286 g/mol. The second-order valence-electron chi connectivity index (χ2n) is 5.64. The van der Waals surface area contributed by atoms with Crippen LogP contribution in [0.15, 0.2) is 24.3 Å². The molecule has 0 bridgehead atoms. The van der Waals surface area contributed by atoms with Crippen molar-refractivity contribution in [3.8, 4) is 0 Å². The Kier molecular flexibility index (Phi) is 5.84. The number of thiocarbonyl (C=S) groups is 1. The fourth-order valence-electron chi connectivity index (χ4n) is 1.55. The highest BCUT2D eigenvalue weighted by atomic mass is 32.1. The maximum atomic E-state index is 11.9. The molecule has 0 radical (unpaired) electrons. The lowest BCUT2D eigenvalue weighted by Gasteiger charge is -2.19. The zero-order chi connectivity index (χ0) is 16.0. The van der Waals surface area contributed by atoms with E-state index in [1.54, 1.807) is 19.1 Å². The first-order chi connectivity index (χ1) is 9.74. The lowest BCUT2D eigenvalue weighted by atomic mass is 9.87. The Morgan fingerprint density at radius 1 is 1.10 bits per heavy atom. The zero-order valence-electron chi connectivity index (χ0n) is 12.7. The molecule has 3 N–H and O–H groups in total. The molecule has 114 valence electrons. The predicted octanol–water partition coefficient (Wildman–Crippen LogP) is 2.03. The third-order valence-corrected chi connectivity index (χ3v) is 3.08. The van der Waals surface area contributed by atoms with Gasteiger partial charge in [-0.2, -0.15) is 0 Å². The van der Waals surface area contributed by atoms with E-state index in [1.807, 2.05) is 12.1 Å². The summed E-state index contributed by atoms with van der Waals surface area (Å²) in [4.78, 5) is 23.0. The Morgan fingerprint density at radius 3 is 2.14 bits per heavy atom. The van der Waals surface area contributed by atoms with E-state index >= 15 is 0 Å². The summed E-state index contributed by atoms with van der Waals surface area (Å²) in [5.74, 6) is -0.528. The summed E-state index contributed by atoms with van der Waals surface area (Å²) in [6.45, 7) is 8.04. The Bertz CT molecular complexity index is 533. The number of rotatable bonds is 2. The lowest BCUT2D eigenvalue weighted by Crippen LogP contribution is -2.48. The SMILES string of the molecule is CCC(=O)NC(=S)NNC(=O)c1ccc(C(C)(C)C)cc1. The molecule has 0 spiro atoms. The van der Waals surface area contributed by atoms with E-state index in [4.69, 9.17) is 12.2 Å². The van der Waals surface area contributed by atoms with Crippen LogP contribution in [0.2, 0.25) is 0 Å². The number of nitrogens with one attached hydrogen (secondary N) is 3. The Balaban J connectivity index is 2.56. The van der Waals surface area contributed by atoms with E-state index in [-0.39, 0.29) is 22.3 Å². The van der Waals surface area contributed by atoms with Crippen LogP contribution in [-0.2, 0) is 10.2 Å². The van der Waals surface area contributed by atoms with Gasteiger partial charge in [0.25, 0.3) is 5.91 Å². The maximum absolute atomic E-state index is 11.9. The lowest BCUT2D eigenvalue weighted by molar-refractivity contribution is -0.119. The van der Waals surface area contributed by atoms with Crippen molar-refractivity contribution in [1.82, 2.24) is 16.2 Å². The Hall–Kier alpha value is -1.95. The van der Waals surface area contributed by atoms with E-state index in [1.165, 1.54) is 0 Å². The van der Waals surface area contributed by atoms with Gasteiger partial charge in [-0.3, -0.25) is 20.4 Å². The van der Waals surface area contributed by atoms with E-state index in [0.29, 0.717) is 12.0 Å². The Labute approximate surface area is 130 Å². The van der Waals surface area contributed by atoms with Crippen molar-refractivity contribution in [3.63, 3.8) is 0 Å². The van der Waals surface area contributed by atoms with Crippen LogP contribution >= 0.6 is 12.2 Å². The summed E-state index contributed by atoms with van der Waals surface area (Å²) in [5.41, 5.74) is 6.64. The standard InChI is InChI=1S/C15H21N3O2S/c1-5-12(19)16-14(21)18-17-13(20)10-6-8-11(9-7-10)15(2,3)4/h6-9H,5H2,1-4H3,(H,17,20)(H2,16,18,19,21). The number of hydrazine groups is 1. The van der Waals surface area contributed by atoms with Gasteiger partial charge in [0.2, 0.25) is 5.91 Å². The van der Waals surface area contributed by atoms with Gasteiger partial charge in [0, 0.05) is 12.0 Å². The molecule has 1 rings (SSSR count). The number of carbonyl (C=O) groups is 2. The average molecular weight is 307 g/mol. The van der Waals surface area contributed by atoms with Gasteiger partial charge in [0.1, 0.15) is 0 Å². The van der Waals surface area contributed by atoms with Crippen molar-refractivity contribution >= 4 is 29.1 Å². The minimum atomic E-state index is -0.316. The third kappa shape index (κ3) is 5.51. The molecule has 5 nitrogen and oxygen atoms in total. The van der Waals surface area contributed by atoms with Crippen molar-refractivity contribution in [2.75, 3.05) is 0 Å². The summed E-state index contributed by atoms with van der Waals surface area (Å²) in [5, 5.41) is 2.50. The quantitative estimate of drug-likeness (QED) is 0.577. The van der Waals surface area contributed by atoms with Gasteiger partial charge >= 0.3 is 0 Å². The maximum Gasteiger partial charge on any atom is 0.269 e. The second-order valence-corrected chi connectivity index (χ2v) is 6.05. The molecular formula is C15H21N3O2S. The molecule has 1 aromatic carbocycles. The topological polar surface area (TPSA) is 70.2 Å². The van der Waals surface area contributed by atoms with Crippen molar-refractivity contribution < 1.29 is 9.59 Å². The van der Waals surface area contributed by atoms with Crippen molar-refractivity contribution in [2.24, 2.45) is 0 Å². The average Bonchev–Trinajstić information content (AvgIpc) is 2.43. The van der Waals surface area contributed by atoms with E-state index in [0.717, 1.165) is 5.56 Å². The first-order valence-electron chi connectivity index (χ1n) is 6.74. The molecule has 0 saturated carbocycles. The number of benzene rings is 1. The van der Waals surface area contributed by atoms with Crippen LogP contribution in [0.5, 0.6) is 0 Å². The van der Waals surface area contributed by atoms with Gasteiger partial charge < -0.3 is 5.32 Å². The minimum Gasteiger partial charge on any atom is -0.302 e. The van der Waals surface area contributed by atoms with Crippen molar-refractivity contribution in [1.29, 1.82) is 0 Å². The highest BCUT2D eigenvalue weighted by Crippen LogP contribution is 2.21. The molecule has 0 fully saturated rings. The van der Waals surface area contributed by atoms with E-state index in [2.05, 4.69) is 36.9 Å². The fraction of sp³-hybridized carbons (Fsp3) is 0.400. The van der Waals surface area contributed by atoms with Crippen molar-refractivity contribution in [2.45, 2.75) is 39.5 Å². The van der Waals surface area contributed by atoms with E-state index < -0.39 is 0 Å². The highest BCUT2D eigenvalue weighted by molar-refractivity contribution is 7.80. The summed E-state index contributed by atoms with van der Waals surface area (Å²) >= 11 is 4.88. The molecule has 6 heteroatoms. The molecule has 0 aromatic heterocycles. The molecule has 0 heterocycles.